The predicted octanol–water partition coefficient (Wildman–Crippen LogP) is 1.64. The van der Waals surface area contributed by atoms with Crippen LogP contribution in [0.25, 0.3) is 0 Å². The Hall–Kier alpha value is -1.39. The van der Waals surface area contributed by atoms with Crippen molar-refractivity contribution in [2.24, 2.45) is 5.73 Å². The maximum Gasteiger partial charge on any atom is 0.239 e. The molecule has 0 saturated carbocycles. The summed E-state index contributed by atoms with van der Waals surface area (Å²) in [5.74, 6) is -0.117. The summed E-state index contributed by atoms with van der Waals surface area (Å²) in [4.78, 5) is 14.3. The normalized spacial score (nSPS) is 16.4. The summed E-state index contributed by atoms with van der Waals surface area (Å²) >= 11 is 0. The Labute approximate surface area is 121 Å². The molecule has 20 heavy (non-hydrogen) atoms. The molecule has 1 aliphatic heterocycles. The number of carbonyl (C=O) groups excluding carboxylic acids is 1. The van der Waals surface area contributed by atoms with E-state index in [0.29, 0.717) is 6.54 Å². The van der Waals surface area contributed by atoms with Crippen LogP contribution in [-0.4, -0.2) is 29.4 Å². The minimum absolute atomic E-state index is 0.117. The number of nitrogens with zero attached hydrogens (tertiary/aromatic N) is 1. The molecule has 1 aliphatic rings. The molecule has 2 rings (SSSR count). The van der Waals surface area contributed by atoms with Crippen LogP contribution in [0.15, 0.2) is 24.3 Å². The van der Waals surface area contributed by atoms with Crippen molar-refractivity contribution in [2.75, 3.05) is 13.1 Å². The van der Waals surface area contributed by atoms with Crippen LogP contribution >= 0.6 is 0 Å². The van der Waals surface area contributed by atoms with Gasteiger partial charge >= 0.3 is 0 Å². The van der Waals surface area contributed by atoms with Gasteiger partial charge in [0.25, 0.3) is 0 Å². The van der Waals surface area contributed by atoms with E-state index in [2.05, 4.69) is 28.4 Å². The van der Waals surface area contributed by atoms with Gasteiger partial charge in [-0.1, -0.05) is 24.3 Å². The fraction of sp³-hybridized carbons (Fsp3) is 0.562. The molecule has 1 fully saturated rings. The molecule has 4 heteroatoms. The Morgan fingerprint density at radius 3 is 2.45 bits per heavy atom. The Morgan fingerprint density at radius 2 is 1.85 bits per heavy atom. The molecule has 0 unspecified atom stereocenters. The van der Waals surface area contributed by atoms with E-state index in [9.17, 15) is 4.79 Å². The van der Waals surface area contributed by atoms with Crippen molar-refractivity contribution in [3.05, 3.63) is 35.4 Å². The second-order valence-corrected chi connectivity index (χ2v) is 6.16. The molecule has 0 spiro atoms. The van der Waals surface area contributed by atoms with E-state index in [1.165, 1.54) is 37.1 Å². The third-order valence-electron chi connectivity index (χ3n) is 3.74. The lowest BCUT2D eigenvalue weighted by Gasteiger charge is -2.20. The van der Waals surface area contributed by atoms with Crippen LogP contribution in [0.1, 0.15) is 37.8 Å². The molecule has 0 aliphatic carbocycles. The molecule has 1 saturated heterocycles. The molecular weight excluding hydrogens is 250 g/mol. The smallest absolute Gasteiger partial charge is 0.239 e. The monoisotopic (exact) mass is 275 g/mol. The number of benzene rings is 1. The van der Waals surface area contributed by atoms with Crippen molar-refractivity contribution < 1.29 is 4.79 Å². The zero-order chi connectivity index (χ0) is 14.6. The zero-order valence-corrected chi connectivity index (χ0v) is 12.5. The van der Waals surface area contributed by atoms with E-state index in [1.54, 1.807) is 13.8 Å². The highest BCUT2D eigenvalue weighted by atomic mass is 16.2. The molecule has 1 aromatic carbocycles. The third kappa shape index (κ3) is 4.05. The van der Waals surface area contributed by atoms with Gasteiger partial charge < -0.3 is 11.1 Å². The molecule has 3 N–H and O–H groups in total. The van der Waals surface area contributed by atoms with Crippen molar-refractivity contribution in [2.45, 2.75) is 45.3 Å². The van der Waals surface area contributed by atoms with Crippen LogP contribution in [0.5, 0.6) is 0 Å². The van der Waals surface area contributed by atoms with Gasteiger partial charge in [0, 0.05) is 13.1 Å². The number of nitrogens with one attached hydrogen (secondary N) is 1. The Kier molecular flexibility index (Phi) is 4.78. The van der Waals surface area contributed by atoms with Gasteiger partial charge in [0.1, 0.15) is 0 Å². The fourth-order valence-electron chi connectivity index (χ4n) is 2.47. The lowest BCUT2D eigenvalue weighted by molar-refractivity contribution is -0.125. The SMILES string of the molecule is CC(C)(N)C(=O)NCc1ccccc1CN1CCCC1. The highest BCUT2D eigenvalue weighted by molar-refractivity contribution is 5.85. The van der Waals surface area contributed by atoms with Gasteiger partial charge in [-0.25, -0.2) is 0 Å². The van der Waals surface area contributed by atoms with E-state index >= 15 is 0 Å². The van der Waals surface area contributed by atoms with Crippen molar-refractivity contribution in [3.8, 4) is 0 Å². The Morgan fingerprint density at radius 1 is 1.25 bits per heavy atom. The number of rotatable bonds is 5. The molecular formula is C16H25N3O. The van der Waals surface area contributed by atoms with E-state index in [4.69, 9.17) is 5.73 Å². The zero-order valence-electron chi connectivity index (χ0n) is 12.5. The largest absolute Gasteiger partial charge is 0.350 e. The van der Waals surface area contributed by atoms with Gasteiger partial charge in [0.2, 0.25) is 5.91 Å². The molecule has 1 heterocycles. The molecule has 0 atom stereocenters. The molecule has 4 nitrogen and oxygen atoms in total. The standard InChI is InChI=1S/C16H25N3O/c1-16(2,17)15(20)18-11-13-7-3-4-8-14(13)12-19-9-5-6-10-19/h3-4,7-8H,5-6,9-12,17H2,1-2H3,(H,18,20). The van der Waals surface area contributed by atoms with E-state index in [1.807, 2.05) is 6.07 Å². The lowest BCUT2D eigenvalue weighted by Crippen LogP contribution is -2.48. The molecule has 110 valence electrons. The topological polar surface area (TPSA) is 58.4 Å². The van der Waals surface area contributed by atoms with Gasteiger partial charge in [0.05, 0.1) is 5.54 Å². The average Bonchev–Trinajstić information content (AvgIpc) is 2.89. The second-order valence-electron chi connectivity index (χ2n) is 6.16. The minimum Gasteiger partial charge on any atom is -0.350 e. The summed E-state index contributed by atoms with van der Waals surface area (Å²) < 4.78 is 0. The summed E-state index contributed by atoms with van der Waals surface area (Å²) in [5.41, 5.74) is 7.44. The first-order valence-corrected chi connectivity index (χ1v) is 7.33. The van der Waals surface area contributed by atoms with Crippen molar-refractivity contribution in [1.82, 2.24) is 10.2 Å². The first-order valence-electron chi connectivity index (χ1n) is 7.33. The van der Waals surface area contributed by atoms with Crippen molar-refractivity contribution in [1.29, 1.82) is 0 Å². The number of nitrogens with two attached hydrogens (primary N) is 1. The number of likely N-dealkylation sites (tertiary alicyclic amines) is 1. The molecule has 0 radical (unpaired) electrons. The van der Waals surface area contributed by atoms with Crippen LogP contribution in [0.4, 0.5) is 0 Å². The maximum atomic E-state index is 11.8. The minimum atomic E-state index is -0.829. The van der Waals surface area contributed by atoms with Crippen molar-refractivity contribution in [3.63, 3.8) is 0 Å². The molecule has 0 aromatic heterocycles. The number of hydrogen-bond donors (Lipinski definition) is 2. The van der Waals surface area contributed by atoms with Crippen LogP contribution < -0.4 is 11.1 Å². The lowest BCUT2D eigenvalue weighted by atomic mass is 10.0. The van der Waals surface area contributed by atoms with E-state index in [-0.39, 0.29) is 5.91 Å². The highest BCUT2D eigenvalue weighted by Gasteiger charge is 2.21. The van der Waals surface area contributed by atoms with Gasteiger partial charge in [0.15, 0.2) is 0 Å². The summed E-state index contributed by atoms with van der Waals surface area (Å²) in [7, 11) is 0. The van der Waals surface area contributed by atoms with Gasteiger partial charge in [-0.3, -0.25) is 9.69 Å². The van der Waals surface area contributed by atoms with Gasteiger partial charge in [-0.05, 0) is 50.9 Å². The first-order chi connectivity index (χ1) is 9.47. The summed E-state index contributed by atoms with van der Waals surface area (Å²) in [6.45, 7) is 7.31. The van der Waals surface area contributed by atoms with Crippen molar-refractivity contribution >= 4 is 5.91 Å². The Bertz CT molecular complexity index is 459. The summed E-state index contributed by atoms with van der Waals surface area (Å²) in [5, 5.41) is 2.92. The molecule has 1 aromatic rings. The molecule has 1 amide bonds. The summed E-state index contributed by atoms with van der Waals surface area (Å²) in [6, 6.07) is 8.30. The van der Waals surface area contributed by atoms with Crippen LogP contribution in [0.3, 0.4) is 0 Å². The number of carbonyl (C=O) groups is 1. The highest BCUT2D eigenvalue weighted by Crippen LogP contribution is 2.16. The Balaban J connectivity index is 1.98. The van der Waals surface area contributed by atoms with Crippen LogP contribution in [0, 0.1) is 0 Å². The average molecular weight is 275 g/mol. The van der Waals surface area contributed by atoms with Crippen LogP contribution in [0.2, 0.25) is 0 Å². The first kappa shape index (κ1) is 15.0. The number of amides is 1. The maximum absolute atomic E-state index is 11.8. The molecule has 0 bridgehead atoms. The summed E-state index contributed by atoms with van der Waals surface area (Å²) in [6.07, 6.45) is 2.58. The van der Waals surface area contributed by atoms with E-state index < -0.39 is 5.54 Å². The van der Waals surface area contributed by atoms with Crippen LogP contribution in [-0.2, 0) is 17.9 Å². The fourth-order valence-corrected chi connectivity index (χ4v) is 2.47. The predicted molar refractivity (Wildman–Crippen MR) is 81.1 cm³/mol. The quantitative estimate of drug-likeness (QED) is 0.859. The number of hydrogen-bond acceptors (Lipinski definition) is 3. The van der Waals surface area contributed by atoms with E-state index in [0.717, 1.165) is 6.54 Å². The van der Waals surface area contributed by atoms with Gasteiger partial charge in [-0.15, -0.1) is 0 Å². The van der Waals surface area contributed by atoms with Gasteiger partial charge in [-0.2, -0.15) is 0 Å². The second kappa shape index (κ2) is 6.37. The third-order valence-corrected chi connectivity index (χ3v) is 3.74.